The first kappa shape index (κ1) is 22.0. The third-order valence-corrected chi connectivity index (χ3v) is 3.00. The molecule has 1 amide bonds. The van der Waals surface area contributed by atoms with Crippen LogP contribution in [-0.2, 0) is 23.9 Å². The number of nitrogens with one attached hydrogen (secondary N) is 2. The van der Waals surface area contributed by atoms with Gasteiger partial charge in [0.05, 0.1) is 12.6 Å². The zero-order valence-electron chi connectivity index (χ0n) is 13.6. The lowest BCUT2D eigenvalue weighted by Crippen LogP contribution is -2.47. The Morgan fingerprint density at radius 1 is 1.25 bits per heavy atom. The molecule has 0 bridgehead atoms. The molecule has 0 aromatic heterocycles. The van der Waals surface area contributed by atoms with Gasteiger partial charge in [0.15, 0.2) is 5.78 Å². The number of rotatable bonds is 10. The highest BCUT2D eigenvalue weighted by molar-refractivity contribution is 6.26. The van der Waals surface area contributed by atoms with Crippen molar-refractivity contribution in [3.8, 4) is 0 Å². The summed E-state index contributed by atoms with van der Waals surface area (Å²) < 4.78 is 46.3. The molecule has 0 radical (unpaired) electrons. The number of ether oxygens (including phenoxy) is 2. The summed E-state index contributed by atoms with van der Waals surface area (Å²) in [7, 11) is 1.27. The highest BCUT2D eigenvalue weighted by atomic mass is 19.4. The van der Waals surface area contributed by atoms with Crippen molar-refractivity contribution in [1.29, 1.82) is 5.41 Å². The number of methoxy groups -OCH3 is 1. The molecule has 0 spiro atoms. The minimum Gasteiger partial charge on any atom is -0.461 e. The lowest BCUT2D eigenvalue weighted by molar-refractivity contribution is -0.172. The second-order valence-electron chi connectivity index (χ2n) is 5.16. The van der Waals surface area contributed by atoms with Gasteiger partial charge in [0.2, 0.25) is 5.91 Å². The molecule has 7 nitrogen and oxygen atoms in total. The summed E-state index contributed by atoms with van der Waals surface area (Å²) in [5.74, 6) is -2.35. The predicted octanol–water partition coefficient (Wildman–Crippen LogP) is 1.39. The van der Waals surface area contributed by atoms with Crippen LogP contribution < -0.4 is 5.32 Å². The molecule has 24 heavy (non-hydrogen) atoms. The molecule has 2 N–H and O–H groups in total. The lowest BCUT2D eigenvalue weighted by atomic mass is 10.1. The summed E-state index contributed by atoms with van der Waals surface area (Å²) in [6.45, 7) is 2.48. The Labute approximate surface area is 137 Å². The van der Waals surface area contributed by atoms with Gasteiger partial charge in [-0.15, -0.1) is 0 Å². The number of carbonyl (C=O) groups excluding carboxylic acids is 3. The van der Waals surface area contributed by atoms with E-state index in [-0.39, 0.29) is 12.8 Å². The molecule has 0 unspecified atom stereocenters. The zero-order valence-corrected chi connectivity index (χ0v) is 13.6. The molecular formula is C14H21F3N2O5. The van der Waals surface area contributed by atoms with E-state index in [1.54, 1.807) is 0 Å². The van der Waals surface area contributed by atoms with Crippen LogP contribution in [0, 0.1) is 5.41 Å². The van der Waals surface area contributed by atoms with Crippen molar-refractivity contribution in [3.05, 3.63) is 0 Å². The van der Waals surface area contributed by atoms with E-state index in [4.69, 9.17) is 10.1 Å². The number of esters is 1. The standard InChI is InChI=1S/C14H21F3N2O5/c1-8(6-14(15,16)17)24-13(22)11(5-4-10(20)7-18)19-12(21)9(2)23-3/h7-9,11,18H,4-6H2,1-3H3,(H,19,21)/t8-,9+,11+/m1/s1. The summed E-state index contributed by atoms with van der Waals surface area (Å²) in [6, 6.07) is -1.31. The van der Waals surface area contributed by atoms with Gasteiger partial charge in [-0.1, -0.05) is 0 Å². The minimum atomic E-state index is -4.50. The number of carbonyl (C=O) groups is 3. The van der Waals surface area contributed by atoms with Crippen LogP contribution in [0.5, 0.6) is 0 Å². The fourth-order valence-corrected chi connectivity index (χ4v) is 1.65. The Morgan fingerprint density at radius 2 is 1.83 bits per heavy atom. The third kappa shape index (κ3) is 9.23. The third-order valence-electron chi connectivity index (χ3n) is 3.00. The summed E-state index contributed by atoms with van der Waals surface area (Å²) >= 11 is 0. The average molecular weight is 354 g/mol. The second kappa shape index (κ2) is 10.0. The van der Waals surface area contributed by atoms with Gasteiger partial charge in [-0.05, 0) is 20.3 Å². The Morgan fingerprint density at radius 3 is 2.29 bits per heavy atom. The van der Waals surface area contributed by atoms with Crippen molar-refractivity contribution in [2.75, 3.05) is 7.11 Å². The minimum absolute atomic E-state index is 0.200. The molecule has 0 fully saturated rings. The van der Waals surface area contributed by atoms with Crippen LogP contribution in [-0.4, -0.2) is 55.4 Å². The molecule has 0 aliphatic rings. The van der Waals surface area contributed by atoms with Crippen molar-refractivity contribution in [1.82, 2.24) is 5.32 Å². The smallest absolute Gasteiger partial charge is 0.392 e. The molecule has 0 heterocycles. The van der Waals surface area contributed by atoms with Crippen LogP contribution in [0.25, 0.3) is 0 Å². The summed E-state index contributed by atoms with van der Waals surface area (Å²) in [5.41, 5.74) is 0. The maximum absolute atomic E-state index is 12.3. The van der Waals surface area contributed by atoms with Crippen LogP contribution in [0.2, 0.25) is 0 Å². The van der Waals surface area contributed by atoms with Crippen LogP contribution in [0.15, 0.2) is 0 Å². The topological polar surface area (TPSA) is 106 Å². The Bertz CT molecular complexity index is 468. The van der Waals surface area contributed by atoms with Gasteiger partial charge in [-0.2, -0.15) is 13.2 Å². The number of hydrogen-bond donors (Lipinski definition) is 2. The molecule has 10 heteroatoms. The van der Waals surface area contributed by atoms with Gasteiger partial charge in [0.1, 0.15) is 18.2 Å². The van der Waals surface area contributed by atoms with E-state index in [9.17, 15) is 27.6 Å². The van der Waals surface area contributed by atoms with Crippen molar-refractivity contribution < 1.29 is 37.0 Å². The molecule has 0 aliphatic heterocycles. The molecule has 3 atom stereocenters. The molecule has 0 aliphatic carbocycles. The Kier molecular flexibility index (Phi) is 9.19. The van der Waals surface area contributed by atoms with Crippen molar-refractivity contribution >= 4 is 23.9 Å². The van der Waals surface area contributed by atoms with Gasteiger partial charge in [-0.3, -0.25) is 9.59 Å². The quantitative estimate of drug-likeness (QED) is 0.456. The Hall–Kier alpha value is -1.97. The van der Waals surface area contributed by atoms with Gasteiger partial charge >= 0.3 is 12.1 Å². The number of alkyl halides is 3. The highest BCUT2D eigenvalue weighted by Gasteiger charge is 2.33. The summed E-state index contributed by atoms with van der Waals surface area (Å²) in [5, 5.41) is 9.06. The molecule has 138 valence electrons. The number of ketones is 1. The highest BCUT2D eigenvalue weighted by Crippen LogP contribution is 2.23. The van der Waals surface area contributed by atoms with Crippen LogP contribution in [0.1, 0.15) is 33.1 Å². The second-order valence-corrected chi connectivity index (χ2v) is 5.16. The normalized spacial score (nSPS) is 15.1. The fraction of sp³-hybridized carbons (Fsp3) is 0.714. The van der Waals surface area contributed by atoms with Crippen molar-refractivity contribution in [3.63, 3.8) is 0 Å². The number of amides is 1. The van der Waals surface area contributed by atoms with E-state index in [2.05, 4.69) is 10.1 Å². The first-order valence-electron chi connectivity index (χ1n) is 7.13. The number of Topliss-reactive ketones (excluding diaryl/α,β-unsaturated/α-hetero) is 1. The van der Waals surface area contributed by atoms with Gasteiger partial charge in [0, 0.05) is 13.5 Å². The SMILES string of the molecule is CO[C@@H](C)C(=O)N[C@@H](CCC(=O)C=N)C(=O)O[C@H](C)CC(F)(F)F. The first-order valence-corrected chi connectivity index (χ1v) is 7.13. The van der Waals surface area contributed by atoms with Crippen molar-refractivity contribution in [2.45, 2.75) is 57.5 Å². The predicted molar refractivity (Wildman–Crippen MR) is 77.7 cm³/mol. The van der Waals surface area contributed by atoms with E-state index in [1.807, 2.05) is 0 Å². The molecule has 0 aromatic rings. The van der Waals surface area contributed by atoms with E-state index in [1.165, 1.54) is 14.0 Å². The van der Waals surface area contributed by atoms with Crippen LogP contribution in [0.4, 0.5) is 13.2 Å². The summed E-state index contributed by atoms with van der Waals surface area (Å²) in [4.78, 5) is 34.9. The summed E-state index contributed by atoms with van der Waals surface area (Å²) in [6.07, 6.45) is -8.05. The molecule has 0 aromatic carbocycles. The zero-order chi connectivity index (χ0) is 18.9. The van der Waals surface area contributed by atoms with Gasteiger partial charge in [-0.25, -0.2) is 4.79 Å². The number of halogens is 3. The first-order chi connectivity index (χ1) is 11.0. The van der Waals surface area contributed by atoms with E-state index < -0.39 is 48.5 Å². The monoisotopic (exact) mass is 354 g/mol. The van der Waals surface area contributed by atoms with Gasteiger partial charge in [0.25, 0.3) is 0 Å². The maximum Gasteiger partial charge on any atom is 0.392 e. The van der Waals surface area contributed by atoms with Gasteiger partial charge < -0.3 is 20.2 Å². The lowest BCUT2D eigenvalue weighted by Gasteiger charge is -2.22. The molecule has 0 saturated carbocycles. The molecular weight excluding hydrogens is 333 g/mol. The fourth-order valence-electron chi connectivity index (χ4n) is 1.65. The van der Waals surface area contributed by atoms with Crippen molar-refractivity contribution in [2.24, 2.45) is 0 Å². The largest absolute Gasteiger partial charge is 0.461 e. The molecule has 0 rings (SSSR count). The average Bonchev–Trinajstić information content (AvgIpc) is 2.47. The van der Waals surface area contributed by atoms with E-state index >= 15 is 0 Å². The molecule has 0 saturated heterocycles. The van der Waals surface area contributed by atoms with E-state index in [0.717, 1.165) is 6.92 Å². The van der Waals surface area contributed by atoms with Crippen LogP contribution in [0.3, 0.4) is 0 Å². The van der Waals surface area contributed by atoms with Crippen LogP contribution >= 0.6 is 0 Å². The maximum atomic E-state index is 12.3. The number of hydrogen-bond acceptors (Lipinski definition) is 6. The Balaban J connectivity index is 4.88. The van der Waals surface area contributed by atoms with E-state index in [0.29, 0.717) is 6.21 Å².